The van der Waals surface area contributed by atoms with E-state index in [1.54, 1.807) is 28.4 Å². The lowest BCUT2D eigenvalue weighted by Gasteiger charge is -2.23. The number of benzene rings is 1. The van der Waals surface area contributed by atoms with E-state index in [1.807, 2.05) is 19.1 Å². The molecule has 3 N–H and O–H groups in total. The Labute approximate surface area is 126 Å². The molecule has 0 heterocycles. The molecule has 21 heavy (non-hydrogen) atoms. The molecular weight excluding hydrogens is 272 g/mol. The van der Waals surface area contributed by atoms with E-state index in [2.05, 4.69) is 5.32 Å². The molecular formula is C15H26N2O4. The third-order valence-corrected chi connectivity index (χ3v) is 3.40. The molecule has 1 aromatic carbocycles. The second kappa shape index (κ2) is 8.71. The molecule has 0 radical (unpaired) electrons. The molecule has 0 aliphatic rings. The van der Waals surface area contributed by atoms with Crippen LogP contribution in [0.25, 0.3) is 0 Å². The molecule has 0 amide bonds. The Morgan fingerprint density at radius 3 is 2.19 bits per heavy atom. The first-order valence-corrected chi connectivity index (χ1v) is 6.87. The summed E-state index contributed by atoms with van der Waals surface area (Å²) in [6.45, 7) is 3.12. The van der Waals surface area contributed by atoms with Gasteiger partial charge in [0.25, 0.3) is 0 Å². The molecule has 0 saturated carbocycles. The summed E-state index contributed by atoms with van der Waals surface area (Å²) in [7, 11) is 6.46. The van der Waals surface area contributed by atoms with Crippen molar-refractivity contribution in [3.63, 3.8) is 0 Å². The number of hydrogen-bond acceptors (Lipinski definition) is 6. The minimum Gasteiger partial charge on any atom is -0.493 e. The van der Waals surface area contributed by atoms with E-state index in [9.17, 15) is 0 Å². The highest BCUT2D eigenvalue weighted by Gasteiger charge is 2.21. The van der Waals surface area contributed by atoms with Gasteiger partial charge in [-0.25, -0.2) is 0 Å². The largest absolute Gasteiger partial charge is 0.493 e. The zero-order valence-electron chi connectivity index (χ0n) is 13.4. The Morgan fingerprint density at radius 1 is 1.05 bits per heavy atom. The zero-order valence-corrected chi connectivity index (χ0v) is 13.4. The van der Waals surface area contributed by atoms with Gasteiger partial charge in [0.2, 0.25) is 5.75 Å². The number of methoxy groups -OCH3 is 4. The summed E-state index contributed by atoms with van der Waals surface area (Å²) < 4.78 is 21.4. The van der Waals surface area contributed by atoms with Gasteiger partial charge in [-0.05, 0) is 19.1 Å². The average molecular weight is 298 g/mol. The van der Waals surface area contributed by atoms with Crippen LogP contribution in [0.3, 0.4) is 0 Å². The first-order valence-electron chi connectivity index (χ1n) is 6.87. The number of rotatable bonds is 9. The predicted molar refractivity (Wildman–Crippen MR) is 82.4 cm³/mol. The number of nitrogens with two attached hydrogens (primary N) is 1. The second-order valence-corrected chi connectivity index (χ2v) is 4.67. The molecule has 1 aromatic rings. The van der Waals surface area contributed by atoms with Gasteiger partial charge in [0, 0.05) is 31.8 Å². The van der Waals surface area contributed by atoms with E-state index in [1.165, 1.54) is 0 Å². The number of hydrogen-bond donors (Lipinski definition) is 2. The normalized spacial score (nSPS) is 13.6. The van der Waals surface area contributed by atoms with Crippen LogP contribution >= 0.6 is 0 Å². The minimum atomic E-state index is -0.0580. The standard InChI is InChI=1S/C15H26N2O4/c1-10(18-2)9-17-12(8-16)11-6-7-13(19-3)15(21-5)14(11)20-4/h6-7,10,12,17H,8-9,16H2,1-5H3. The summed E-state index contributed by atoms with van der Waals surface area (Å²) in [5.74, 6) is 1.82. The molecule has 0 bridgehead atoms. The molecule has 0 saturated heterocycles. The molecule has 1 rings (SSSR count). The zero-order chi connectivity index (χ0) is 15.8. The fourth-order valence-corrected chi connectivity index (χ4v) is 2.11. The minimum absolute atomic E-state index is 0.0580. The van der Waals surface area contributed by atoms with Crippen LogP contribution in [0.15, 0.2) is 12.1 Å². The summed E-state index contributed by atoms with van der Waals surface area (Å²) in [5.41, 5.74) is 6.82. The van der Waals surface area contributed by atoms with Gasteiger partial charge in [-0.1, -0.05) is 0 Å². The van der Waals surface area contributed by atoms with Gasteiger partial charge >= 0.3 is 0 Å². The smallest absolute Gasteiger partial charge is 0.203 e. The van der Waals surface area contributed by atoms with Gasteiger partial charge in [0.15, 0.2) is 11.5 Å². The fraction of sp³-hybridized carbons (Fsp3) is 0.600. The Balaban J connectivity index is 3.08. The van der Waals surface area contributed by atoms with E-state index in [0.29, 0.717) is 30.3 Å². The van der Waals surface area contributed by atoms with Gasteiger partial charge < -0.3 is 30.0 Å². The van der Waals surface area contributed by atoms with E-state index in [0.717, 1.165) is 5.56 Å². The van der Waals surface area contributed by atoms with Crippen LogP contribution in [0.5, 0.6) is 17.2 Å². The number of ether oxygens (including phenoxy) is 4. The van der Waals surface area contributed by atoms with E-state index < -0.39 is 0 Å². The Morgan fingerprint density at radius 2 is 1.71 bits per heavy atom. The summed E-state index contributed by atoms with van der Waals surface area (Å²) >= 11 is 0. The molecule has 6 heteroatoms. The highest BCUT2D eigenvalue weighted by atomic mass is 16.5. The molecule has 120 valence electrons. The summed E-state index contributed by atoms with van der Waals surface area (Å²) in [4.78, 5) is 0. The van der Waals surface area contributed by atoms with Crippen molar-refractivity contribution in [3.05, 3.63) is 17.7 Å². The van der Waals surface area contributed by atoms with Gasteiger partial charge in [-0.2, -0.15) is 0 Å². The first kappa shape index (κ1) is 17.6. The van der Waals surface area contributed by atoms with Crippen LogP contribution in [-0.4, -0.2) is 47.6 Å². The lowest BCUT2D eigenvalue weighted by Crippen LogP contribution is -2.34. The summed E-state index contributed by atoms with van der Waals surface area (Å²) in [5, 5.41) is 3.37. The lowest BCUT2D eigenvalue weighted by molar-refractivity contribution is 0.114. The molecule has 6 nitrogen and oxygen atoms in total. The SMILES string of the molecule is COc1ccc(C(CN)NCC(C)OC)c(OC)c1OC. The molecule has 0 spiro atoms. The van der Waals surface area contributed by atoms with Crippen molar-refractivity contribution in [3.8, 4) is 17.2 Å². The van der Waals surface area contributed by atoms with Crippen molar-refractivity contribution in [2.45, 2.75) is 19.1 Å². The lowest BCUT2D eigenvalue weighted by atomic mass is 10.0. The van der Waals surface area contributed by atoms with Crippen LogP contribution < -0.4 is 25.3 Å². The topological polar surface area (TPSA) is 75.0 Å². The van der Waals surface area contributed by atoms with Crippen LogP contribution in [-0.2, 0) is 4.74 Å². The molecule has 0 aromatic heterocycles. The Bertz CT molecular complexity index is 440. The van der Waals surface area contributed by atoms with Gasteiger partial charge in [0.1, 0.15) is 0 Å². The molecule has 0 fully saturated rings. The molecule has 0 aliphatic heterocycles. The summed E-state index contributed by atoms with van der Waals surface area (Å²) in [6, 6.07) is 3.72. The van der Waals surface area contributed by atoms with Crippen molar-refractivity contribution in [1.82, 2.24) is 5.32 Å². The van der Waals surface area contributed by atoms with Crippen molar-refractivity contribution in [1.29, 1.82) is 0 Å². The third-order valence-electron chi connectivity index (χ3n) is 3.40. The first-order chi connectivity index (χ1) is 10.1. The maximum Gasteiger partial charge on any atom is 0.203 e. The second-order valence-electron chi connectivity index (χ2n) is 4.67. The van der Waals surface area contributed by atoms with E-state index in [4.69, 9.17) is 24.7 Å². The molecule has 2 unspecified atom stereocenters. The Kier molecular flexibility index (Phi) is 7.28. The van der Waals surface area contributed by atoms with Crippen LogP contribution in [0.4, 0.5) is 0 Å². The van der Waals surface area contributed by atoms with Gasteiger partial charge in [-0.15, -0.1) is 0 Å². The molecule has 2 atom stereocenters. The van der Waals surface area contributed by atoms with E-state index >= 15 is 0 Å². The van der Waals surface area contributed by atoms with Crippen molar-refractivity contribution in [2.24, 2.45) is 5.73 Å². The van der Waals surface area contributed by atoms with Crippen molar-refractivity contribution in [2.75, 3.05) is 41.5 Å². The number of nitrogens with one attached hydrogen (secondary N) is 1. The highest BCUT2D eigenvalue weighted by molar-refractivity contribution is 5.56. The van der Waals surface area contributed by atoms with Crippen LogP contribution in [0.1, 0.15) is 18.5 Å². The van der Waals surface area contributed by atoms with Gasteiger partial charge in [0.05, 0.1) is 27.4 Å². The monoisotopic (exact) mass is 298 g/mol. The van der Waals surface area contributed by atoms with Crippen molar-refractivity contribution < 1.29 is 18.9 Å². The highest BCUT2D eigenvalue weighted by Crippen LogP contribution is 2.41. The molecule has 0 aliphatic carbocycles. The quantitative estimate of drug-likeness (QED) is 0.716. The van der Waals surface area contributed by atoms with Crippen LogP contribution in [0.2, 0.25) is 0 Å². The fourth-order valence-electron chi connectivity index (χ4n) is 2.11. The predicted octanol–water partition coefficient (Wildman–Crippen LogP) is 1.34. The van der Waals surface area contributed by atoms with E-state index in [-0.39, 0.29) is 12.1 Å². The third kappa shape index (κ3) is 4.23. The van der Waals surface area contributed by atoms with Crippen LogP contribution in [0, 0.1) is 0 Å². The maximum atomic E-state index is 5.89. The Hall–Kier alpha value is -1.50. The van der Waals surface area contributed by atoms with Crippen molar-refractivity contribution >= 4 is 0 Å². The average Bonchev–Trinajstić information content (AvgIpc) is 2.53. The van der Waals surface area contributed by atoms with Gasteiger partial charge in [-0.3, -0.25) is 0 Å². The summed E-state index contributed by atoms with van der Waals surface area (Å²) in [6.07, 6.45) is 0.102. The maximum absolute atomic E-state index is 5.89.